The molecule has 2 aromatic rings. The van der Waals surface area contributed by atoms with E-state index in [0.29, 0.717) is 13.2 Å². The van der Waals surface area contributed by atoms with E-state index in [1.165, 1.54) is 5.56 Å². The second kappa shape index (κ2) is 7.76. The predicted molar refractivity (Wildman–Crippen MR) is 85.1 cm³/mol. The van der Waals surface area contributed by atoms with Crippen LogP contribution in [0.25, 0.3) is 0 Å². The first-order valence-corrected chi connectivity index (χ1v) is 7.27. The highest BCUT2D eigenvalue weighted by molar-refractivity contribution is 5.36. The van der Waals surface area contributed by atoms with Gasteiger partial charge in [-0.3, -0.25) is 9.88 Å². The summed E-state index contributed by atoms with van der Waals surface area (Å²) in [7, 11) is 2.08. The Bertz CT molecular complexity index is 545. The number of rotatable bonds is 7. The number of nitrogens with two attached hydrogens (primary N) is 1. The van der Waals surface area contributed by atoms with Crippen LogP contribution in [0.4, 0.5) is 0 Å². The molecule has 2 rings (SSSR count). The van der Waals surface area contributed by atoms with Gasteiger partial charge >= 0.3 is 0 Å². The maximum Gasteiger partial charge on any atom is 0.124 e. The smallest absolute Gasteiger partial charge is 0.124 e. The number of likely N-dealkylation sites (N-methyl/N-ethyl adjacent to an activating group) is 1. The van der Waals surface area contributed by atoms with Crippen LogP contribution in [0.3, 0.4) is 0 Å². The molecule has 0 aliphatic carbocycles. The van der Waals surface area contributed by atoms with Gasteiger partial charge < -0.3 is 10.5 Å². The van der Waals surface area contributed by atoms with E-state index in [-0.39, 0.29) is 6.04 Å². The van der Waals surface area contributed by atoms with Crippen molar-refractivity contribution in [2.75, 3.05) is 20.2 Å². The molecule has 0 aliphatic heterocycles. The fraction of sp³-hybridized carbons (Fsp3) is 0.353. The normalized spacial score (nSPS) is 12.4. The second-order valence-electron chi connectivity index (χ2n) is 5.00. The van der Waals surface area contributed by atoms with Gasteiger partial charge in [-0.2, -0.15) is 0 Å². The summed E-state index contributed by atoms with van der Waals surface area (Å²) in [6.45, 7) is 3.99. The summed E-state index contributed by atoms with van der Waals surface area (Å²) < 4.78 is 5.73. The zero-order valence-electron chi connectivity index (χ0n) is 12.7. The summed E-state index contributed by atoms with van der Waals surface area (Å²) >= 11 is 0. The van der Waals surface area contributed by atoms with Crippen molar-refractivity contribution in [1.29, 1.82) is 0 Å². The molecule has 4 heteroatoms. The van der Waals surface area contributed by atoms with E-state index in [9.17, 15) is 0 Å². The molecule has 1 unspecified atom stereocenters. The molecule has 0 spiro atoms. The Labute approximate surface area is 126 Å². The number of ether oxygens (including phenoxy) is 1. The lowest BCUT2D eigenvalue weighted by atomic mass is 10.0. The van der Waals surface area contributed by atoms with Gasteiger partial charge in [0.05, 0.1) is 12.6 Å². The topological polar surface area (TPSA) is 51.4 Å². The fourth-order valence-electron chi connectivity index (χ4n) is 2.48. The van der Waals surface area contributed by atoms with E-state index in [2.05, 4.69) is 29.1 Å². The third-order valence-electron chi connectivity index (χ3n) is 3.49. The molecule has 0 saturated heterocycles. The van der Waals surface area contributed by atoms with E-state index in [1.54, 1.807) is 6.20 Å². The van der Waals surface area contributed by atoms with Crippen LogP contribution >= 0.6 is 0 Å². The highest BCUT2D eigenvalue weighted by Gasteiger charge is 2.19. The van der Waals surface area contributed by atoms with Crippen molar-refractivity contribution in [3.63, 3.8) is 0 Å². The third-order valence-corrected chi connectivity index (χ3v) is 3.49. The largest absolute Gasteiger partial charge is 0.494 e. The molecule has 0 fully saturated rings. The Hall–Kier alpha value is -1.91. The van der Waals surface area contributed by atoms with Crippen LogP contribution in [0.15, 0.2) is 48.8 Å². The SMILES string of the molecule is CCOc1ccccc1C(CN)N(C)Cc1cccnc1. The lowest BCUT2D eigenvalue weighted by Gasteiger charge is -2.28. The van der Waals surface area contributed by atoms with Gasteiger partial charge in [0.15, 0.2) is 0 Å². The zero-order chi connectivity index (χ0) is 15.1. The van der Waals surface area contributed by atoms with E-state index >= 15 is 0 Å². The Morgan fingerprint density at radius 2 is 2.05 bits per heavy atom. The Morgan fingerprint density at radius 1 is 1.24 bits per heavy atom. The summed E-state index contributed by atoms with van der Waals surface area (Å²) in [4.78, 5) is 6.39. The van der Waals surface area contributed by atoms with Crippen molar-refractivity contribution in [2.24, 2.45) is 5.73 Å². The van der Waals surface area contributed by atoms with Gasteiger partial charge in [-0.1, -0.05) is 24.3 Å². The van der Waals surface area contributed by atoms with Crippen LogP contribution in [0.2, 0.25) is 0 Å². The molecular formula is C17H23N3O. The number of nitrogens with zero attached hydrogens (tertiary/aromatic N) is 2. The minimum Gasteiger partial charge on any atom is -0.494 e. The molecule has 0 radical (unpaired) electrons. The Morgan fingerprint density at radius 3 is 2.71 bits per heavy atom. The van der Waals surface area contributed by atoms with Crippen molar-refractivity contribution in [3.05, 3.63) is 59.9 Å². The third kappa shape index (κ3) is 4.03. The summed E-state index contributed by atoms with van der Waals surface area (Å²) in [5.41, 5.74) is 8.32. The lowest BCUT2D eigenvalue weighted by molar-refractivity contribution is 0.232. The summed E-state index contributed by atoms with van der Waals surface area (Å²) in [6.07, 6.45) is 3.67. The van der Waals surface area contributed by atoms with E-state index in [4.69, 9.17) is 10.5 Å². The molecular weight excluding hydrogens is 262 g/mol. The monoisotopic (exact) mass is 285 g/mol. The standard InChI is InChI=1S/C17H23N3O/c1-3-21-17-9-5-4-8-15(17)16(11-18)20(2)13-14-7-6-10-19-12-14/h4-10,12,16H,3,11,13,18H2,1-2H3. The minimum absolute atomic E-state index is 0.118. The molecule has 0 amide bonds. The average molecular weight is 285 g/mol. The minimum atomic E-state index is 0.118. The zero-order valence-corrected chi connectivity index (χ0v) is 12.7. The van der Waals surface area contributed by atoms with Crippen LogP contribution in [0.1, 0.15) is 24.1 Å². The molecule has 0 saturated carbocycles. The van der Waals surface area contributed by atoms with Gasteiger partial charge in [0.1, 0.15) is 5.75 Å². The molecule has 1 heterocycles. The van der Waals surface area contributed by atoms with Crippen molar-refractivity contribution in [1.82, 2.24) is 9.88 Å². The van der Waals surface area contributed by atoms with Crippen LogP contribution in [-0.2, 0) is 6.54 Å². The average Bonchev–Trinajstić information content (AvgIpc) is 2.51. The maximum absolute atomic E-state index is 6.01. The van der Waals surface area contributed by atoms with Gasteiger partial charge in [-0.05, 0) is 31.7 Å². The maximum atomic E-state index is 6.01. The quantitative estimate of drug-likeness (QED) is 0.849. The summed E-state index contributed by atoms with van der Waals surface area (Å²) in [6, 6.07) is 12.2. The van der Waals surface area contributed by atoms with Gasteiger partial charge in [-0.25, -0.2) is 0 Å². The van der Waals surface area contributed by atoms with E-state index in [0.717, 1.165) is 17.9 Å². The number of benzene rings is 1. The van der Waals surface area contributed by atoms with E-state index < -0.39 is 0 Å². The van der Waals surface area contributed by atoms with Crippen LogP contribution < -0.4 is 10.5 Å². The van der Waals surface area contributed by atoms with Crippen molar-refractivity contribution in [3.8, 4) is 5.75 Å². The Kier molecular flexibility index (Phi) is 5.72. The summed E-state index contributed by atoms with van der Waals surface area (Å²) in [5, 5.41) is 0. The van der Waals surface area contributed by atoms with E-state index in [1.807, 2.05) is 37.4 Å². The van der Waals surface area contributed by atoms with Crippen molar-refractivity contribution < 1.29 is 4.74 Å². The molecule has 21 heavy (non-hydrogen) atoms. The Balaban J connectivity index is 2.19. The number of hydrogen-bond donors (Lipinski definition) is 1. The molecule has 1 aromatic carbocycles. The van der Waals surface area contributed by atoms with Gasteiger partial charge in [0, 0.05) is 31.0 Å². The first-order chi connectivity index (χ1) is 10.3. The second-order valence-corrected chi connectivity index (χ2v) is 5.00. The van der Waals surface area contributed by atoms with Gasteiger partial charge in [0.25, 0.3) is 0 Å². The molecule has 0 aliphatic rings. The van der Waals surface area contributed by atoms with Crippen LogP contribution in [-0.4, -0.2) is 30.1 Å². The summed E-state index contributed by atoms with van der Waals surface area (Å²) in [5.74, 6) is 0.911. The first kappa shape index (κ1) is 15.5. The number of hydrogen-bond acceptors (Lipinski definition) is 4. The molecule has 1 aromatic heterocycles. The molecule has 112 valence electrons. The molecule has 4 nitrogen and oxygen atoms in total. The van der Waals surface area contributed by atoms with Crippen LogP contribution in [0, 0.1) is 0 Å². The first-order valence-electron chi connectivity index (χ1n) is 7.27. The highest BCUT2D eigenvalue weighted by atomic mass is 16.5. The molecule has 1 atom stereocenters. The van der Waals surface area contributed by atoms with Crippen molar-refractivity contribution >= 4 is 0 Å². The molecule has 2 N–H and O–H groups in total. The molecule has 0 bridgehead atoms. The number of pyridine rings is 1. The van der Waals surface area contributed by atoms with Crippen molar-refractivity contribution in [2.45, 2.75) is 19.5 Å². The fourth-order valence-corrected chi connectivity index (χ4v) is 2.48. The predicted octanol–water partition coefficient (Wildman–Crippen LogP) is 2.61. The lowest BCUT2D eigenvalue weighted by Crippen LogP contribution is -2.30. The number of aromatic nitrogens is 1. The van der Waals surface area contributed by atoms with Gasteiger partial charge in [0.2, 0.25) is 0 Å². The highest BCUT2D eigenvalue weighted by Crippen LogP contribution is 2.28. The van der Waals surface area contributed by atoms with Crippen LogP contribution in [0.5, 0.6) is 5.75 Å². The van der Waals surface area contributed by atoms with Gasteiger partial charge in [-0.15, -0.1) is 0 Å². The number of para-hydroxylation sites is 1.